The van der Waals surface area contributed by atoms with Gasteiger partial charge in [-0.1, -0.05) is 5.16 Å². The second-order valence-corrected chi connectivity index (χ2v) is 6.79. The Balaban J connectivity index is 1.30. The van der Waals surface area contributed by atoms with Crippen LogP contribution in [0.1, 0.15) is 46.7 Å². The highest BCUT2D eigenvalue weighted by Crippen LogP contribution is 2.27. The van der Waals surface area contributed by atoms with Gasteiger partial charge in [0.05, 0.1) is 0 Å². The predicted octanol–water partition coefficient (Wildman–Crippen LogP) is 2.84. The summed E-state index contributed by atoms with van der Waals surface area (Å²) in [6.45, 7) is 3.22. The van der Waals surface area contributed by atoms with Crippen LogP contribution in [-0.4, -0.2) is 44.2 Å². The lowest BCUT2D eigenvalue weighted by atomic mass is 9.96. The van der Waals surface area contributed by atoms with Crippen LogP contribution in [0, 0.1) is 12.7 Å². The molecule has 4 rings (SSSR count). The molecule has 1 aliphatic rings. The van der Waals surface area contributed by atoms with Crippen molar-refractivity contribution in [2.24, 2.45) is 0 Å². The van der Waals surface area contributed by atoms with E-state index in [2.05, 4.69) is 20.3 Å². The smallest absolute Gasteiger partial charge is 0.274 e. The first-order valence-electron chi connectivity index (χ1n) is 9.10. The van der Waals surface area contributed by atoms with E-state index in [9.17, 15) is 9.18 Å². The highest BCUT2D eigenvalue weighted by Gasteiger charge is 2.28. The number of nitrogens with zero attached hydrogens (tertiary/aromatic N) is 4. The van der Waals surface area contributed by atoms with Crippen LogP contribution in [0.5, 0.6) is 5.75 Å². The van der Waals surface area contributed by atoms with E-state index in [1.54, 1.807) is 23.1 Å². The van der Waals surface area contributed by atoms with E-state index in [-0.39, 0.29) is 24.2 Å². The monoisotopic (exact) mass is 385 g/mol. The van der Waals surface area contributed by atoms with Gasteiger partial charge in [-0.2, -0.15) is 10.1 Å². The molecule has 3 aromatic rings. The van der Waals surface area contributed by atoms with Crippen LogP contribution in [0.4, 0.5) is 4.39 Å². The number of aryl methyl sites for hydroxylation is 1. The minimum Gasteiger partial charge on any atom is -0.484 e. The Morgan fingerprint density at radius 3 is 2.75 bits per heavy atom. The molecule has 1 amide bonds. The summed E-state index contributed by atoms with van der Waals surface area (Å²) in [5.74, 6) is 1.27. The Bertz CT molecular complexity index is 945. The molecule has 1 aromatic carbocycles. The molecule has 1 saturated heterocycles. The predicted molar refractivity (Wildman–Crippen MR) is 96.2 cm³/mol. The van der Waals surface area contributed by atoms with E-state index >= 15 is 0 Å². The number of aromatic nitrogens is 4. The first-order valence-corrected chi connectivity index (χ1v) is 9.10. The van der Waals surface area contributed by atoms with E-state index < -0.39 is 0 Å². The van der Waals surface area contributed by atoms with Gasteiger partial charge in [0, 0.05) is 24.7 Å². The number of carbonyl (C=O) groups is 1. The van der Waals surface area contributed by atoms with E-state index in [0.717, 1.165) is 18.5 Å². The molecule has 28 heavy (non-hydrogen) atoms. The maximum atomic E-state index is 12.9. The number of amides is 1. The van der Waals surface area contributed by atoms with Crippen LogP contribution in [-0.2, 0) is 6.61 Å². The highest BCUT2D eigenvalue weighted by molar-refractivity contribution is 5.92. The van der Waals surface area contributed by atoms with Gasteiger partial charge in [0.1, 0.15) is 17.3 Å². The third-order valence-electron chi connectivity index (χ3n) is 4.73. The average Bonchev–Trinajstić information content (AvgIpc) is 3.36. The minimum absolute atomic E-state index is 0.0655. The molecular weight excluding hydrogens is 365 g/mol. The van der Waals surface area contributed by atoms with Crippen LogP contribution >= 0.6 is 0 Å². The zero-order valence-electron chi connectivity index (χ0n) is 15.4. The standard InChI is InChI=1S/C19H20FN5O3/c1-12-10-16(23-22-12)19(26)25-8-6-13(7-9-25)18-21-17(28-24-18)11-27-15-4-2-14(20)3-5-15/h2-5,10,13H,6-9,11H2,1H3,(H,22,23). The number of rotatable bonds is 5. The molecule has 3 heterocycles. The quantitative estimate of drug-likeness (QED) is 0.725. The van der Waals surface area contributed by atoms with Gasteiger partial charge in [-0.25, -0.2) is 4.39 Å². The summed E-state index contributed by atoms with van der Waals surface area (Å²) >= 11 is 0. The number of H-pyrrole nitrogens is 1. The summed E-state index contributed by atoms with van der Waals surface area (Å²) in [4.78, 5) is 18.7. The molecule has 0 spiro atoms. The van der Waals surface area contributed by atoms with Crippen molar-refractivity contribution in [3.05, 3.63) is 59.3 Å². The van der Waals surface area contributed by atoms with E-state index in [0.29, 0.717) is 36.2 Å². The fourth-order valence-corrected chi connectivity index (χ4v) is 3.20. The topological polar surface area (TPSA) is 97.1 Å². The van der Waals surface area contributed by atoms with Crippen molar-refractivity contribution in [2.75, 3.05) is 13.1 Å². The number of nitrogens with one attached hydrogen (secondary N) is 1. The molecule has 2 aromatic heterocycles. The molecule has 146 valence electrons. The van der Waals surface area contributed by atoms with Gasteiger partial charge in [0.2, 0.25) is 0 Å². The number of hydrogen-bond donors (Lipinski definition) is 1. The number of piperidine rings is 1. The molecule has 1 N–H and O–H groups in total. The summed E-state index contributed by atoms with van der Waals surface area (Å²) in [5.41, 5.74) is 1.30. The summed E-state index contributed by atoms with van der Waals surface area (Å²) in [6.07, 6.45) is 1.51. The van der Waals surface area contributed by atoms with Crippen molar-refractivity contribution in [3.63, 3.8) is 0 Å². The molecule has 0 bridgehead atoms. The fraction of sp³-hybridized carbons (Fsp3) is 0.368. The first-order chi connectivity index (χ1) is 13.6. The summed E-state index contributed by atoms with van der Waals surface area (Å²) in [7, 11) is 0. The number of ether oxygens (including phenoxy) is 1. The largest absolute Gasteiger partial charge is 0.484 e. The lowest BCUT2D eigenvalue weighted by molar-refractivity contribution is 0.0704. The third-order valence-corrected chi connectivity index (χ3v) is 4.73. The molecule has 1 fully saturated rings. The van der Waals surface area contributed by atoms with Crippen molar-refractivity contribution in [3.8, 4) is 5.75 Å². The van der Waals surface area contributed by atoms with Crippen LogP contribution in [0.3, 0.4) is 0 Å². The molecule has 1 aliphatic heterocycles. The second kappa shape index (κ2) is 7.79. The molecule has 0 aliphatic carbocycles. The normalized spacial score (nSPS) is 15.0. The maximum Gasteiger partial charge on any atom is 0.274 e. The number of likely N-dealkylation sites (tertiary alicyclic amines) is 1. The molecule has 0 unspecified atom stereocenters. The Hall–Kier alpha value is -3.23. The molecule has 0 radical (unpaired) electrons. The number of aromatic amines is 1. The SMILES string of the molecule is Cc1cc(C(=O)N2CCC(c3noc(COc4ccc(F)cc4)n3)CC2)n[nH]1. The lowest BCUT2D eigenvalue weighted by Gasteiger charge is -2.30. The molecule has 8 nitrogen and oxygen atoms in total. The van der Waals surface area contributed by atoms with E-state index in [1.165, 1.54) is 12.1 Å². The van der Waals surface area contributed by atoms with Crippen molar-refractivity contribution < 1.29 is 18.4 Å². The van der Waals surface area contributed by atoms with Crippen molar-refractivity contribution in [2.45, 2.75) is 32.3 Å². The summed E-state index contributed by atoms with van der Waals surface area (Å²) < 4.78 is 23.7. The Labute approximate surface area is 160 Å². The molecule has 9 heteroatoms. The number of hydrogen-bond acceptors (Lipinski definition) is 6. The second-order valence-electron chi connectivity index (χ2n) is 6.79. The van der Waals surface area contributed by atoms with Crippen molar-refractivity contribution >= 4 is 5.91 Å². The third kappa shape index (κ3) is 4.03. The molecule has 0 saturated carbocycles. The van der Waals surface area contributed by atoms with Crippen LogP contribution in [0.15, 0.2) is 34.9 Å². The zero-order chi connectivity index (χ0) is 19.5. The first kappa shape index (κ1) is 18.1. The van der Waals surface area contributed by atoms with Crippen LogP contribution in [0.2, 0.25) is 0 Å². The Kier molecular flexibility index (Phi) is 5.05. The summed E-state index contributed by atoms with van der Waals surface area (Å²) in [5, 5.41) is 10.9. The molecule has 0 atom stereocenters. The zero-order valence-corrected chi connectivity index (χ0v) is 15.4. The number of halogens is 1. The van der Waals surface area contributed by atoms with Crippen molar-refractivity contribution in [1.29, 1.82) is 0 Å². The average molecular weight is 385 g/mol. The number of carbonyl (C=O) groups excluding carboxylic acids is 1. The van der Waals surface area contributed by atoms with E-state index in [4.69, 9.17) is 9.26 Å². The molecular formula is C19H20FN5O3. The fourth-order valence-electron chi connectivity index (χ4n) is 3.20. The minimum atomic E-state index is -0.320. The lowest BCUT2D eigenvalue weighted by Crippen LogP contribution is -2.38. The van der Waals surface area contributed by atoms with Gasteiger partial charge in [-0.15, -0.1) is 0 Å². The van der Waals surface area contributed by atoms with Crippen LogP contribution < -0.4 is 4.74 Å². The maximum absolute atomic E-state index is 12.9. The van der Waals surface area contributed by atoms with Gasteiger partial charge in [-0.3, -0.25) is 9.89 Å². The number of benzene rings is 1. The highest BCUT2D eigenvalue weighted by atomic mass is 19.1. The summed E-state index contributed by atoms with van der Waals surface area (Å²) in [6, 6.07) is 7.49. The van der Waals surface area contributed by atoms with Gasteiger partial charge in [-0.05, 0) is 50.1 Å². The van der Waals surface area contributed by atoms with Gasteiger partial charge >= 0.3 is 0 Å². The van der Waals surface area contributed by atoms with Crippen LogP contribution in [0.25, 0.3) is 0 Å². The van der Waals surface area contributed by atoms with Gasteiger partial charge < -0.3 is 14.2 Å². The van der Waals surface area contributed by atoms with E-state index in [1.807, 2.05) is 6.92 Å². The van der Waals surface area contributed by atoms with Gasteiger partial charge in [0.15, 0.2) is 12.4 Å². The van der Waals surface area contributed by atoms with Crippen molar-refractivity contribution in [1.82, 2.24) is 25.2 Å². The Morgan fingerprint density at radius 1 is 1.32 bits per heavy atom. The Morgan fingerprint density at radius 2 is 2.07 bits per heavy atom. The van der Waals surface area contributed by atoms with Gasteiger partial charge in [0.25, 0.3) is 11.8 Å².